The number of rotatable bonds is 11. The second-order valence-electron chi connectivity index (χ2n) is 11.1. The number of aromatic nitrogens is 2. The van der Waals surface area contributed by atoms with Gasteiger partial charge in [-0.25, -0.2) is 0 Å². The van der Waals surface area contributed by atoms with Crippen molar-refractivity contribution in [2.75, 3.05) is 58.9 Å². The van der Waals surface area contributed by atoms with E-state index in [9.17, 15) is 9.59 Å². The Bertz CT molecular complexity index is 1560. The molecule has 2 saturated heterocycles. The minimum absolute atomic E-state index is 0.0104. The molecule has 5 heterocycles. The highest BCUT2D eigenvalue weighted by Gasteiger charge is 2.33. The first-order valence-corrected chi connectivity index (χ1v) is 15.3. The molecule has 3 N–H and O–H groups in total. The third-order valence-corrected chi connectivity index (χ3v) is 8.79. The van der Waals surface area contributed by atoms with E-state index in [1.54, 1.807) is 38.8 Å². The van der Waals surface area contributed by atoms with Gasteiger partial charge in [0.2, 0.25) is 5.91 Å². The minimum atomic E-state index is -0.173. The van der Waals surface area contributed by atoms with Gasteiger partial charge >= 0.3 is 0 Å². The molecule has 2 atom stereocenters. The summed E-state index contributed by atoms with van der Waals surface area (Å²) in [5.41, 5.74) is 4.00. The fraction of sp³-hybridized carbons (Fsp3) is 0.406. The second kappa shape index (κ2) is 13.3. The lowest BCUT2D eigenvalue weighted by Crippen LogP contribution is -2.53. The zero-order chi connectivity index (χ0) is 30.6. The number of methoxy groups -OCH3 is 2. The Balaban J connectivity index is 1.19. The van der Waals surface area contributed by atoms with Gasteiger partial charge in [0.05, 0.1) is 53.1 Å². The van der Waals surface area contributed by atoms with Gasteiger partial charge in [-0.3, -0.25) is 19.5 Å². The van der Waals surface area contributed by atoms with Crippen LogP contribution in [-0.4, -0.2) is 97.3 Å². The van der Waals surface area contributed by atoms with E-state index in [1.165, 1.54) is 0 Å². The maximum atomic E-state index is 13.1. The molecule has 0 spiro atoms. The summed E-state index contributed by atoms with van der Waals surface area (Å²) in [6.45, 7) is 4.16. The number of H-pyrrole nitrogens is 1. The molecule has 3 aliphatic rings. The van der Waals surface area contributed by atoms with Crippen LogP contribution in [0.1, 0.15) is 28.9 Å². The number of pyridine rings is 1. The van der Waals surface area contributed by atoms with E-state index in [0.29, 0.717) is 65.3 Å². The Labute approximate surface area is 261 Å². The van der Waals surface area contributed by atoms with Crippen molar-refractivity contribution in [2.45, 2.75) is 31.4 Å². The number of nitrogens with zero attached hydrogens (tertiary/aromatic N) is 3. The maximum absolute atomic E-state index is 13.1. The van der Waals surface area contributed by atoms with E-state index >= 15 is 0 Å². The molecule has 12 heteroatoms. The number of benzene rings is 1. The average molecular weight is 621 g/mol. The van der Waals surface area contributed by atoms with Crippen LogP contribution in [-0.2, 0) is 16.0 Å². The van der Waals surface area contributed by atoms with E-state index in [1.807, 2.05) is 29.2 Å². The molecule has 2 aromatic heterocycles. The number of ether oxygens (including phenoxy) is 3. The molecular weight excluding hydrogens is 584 g/mol. The van der Waals surface area contributed by atoms with Crippen molar-refractivity contribution in [1.82, 2.24) is 25.1 Å². The average Bonchev–Trinajstić information content (AvgIpc) is 3.62. The van der Waals surface area contributed by atoms with Crippen LogP contribution in [0.2, 0.25) is 5.02 Å². The molecule has 0 bridgehead atoms. The van der Waals surface area contributed by atoms with Crippen LogP contribution < -0.4 is 20.1 Å². The Kier molecular flexibility index (Phi) is 9.06. The van der Waals surface area contributed by atoms with Crippen LogP contribution in [0.5, 0.6) is 11.5 Å². The van der Waals surface area contributed by atoms with Crippen LogP contribution in [0.25, 0.3) is 11.3 Å². The smallest absolute Gasteiger partial charge is 0.255 e. The van der Waals surface area contributed by atoms with Gasteiger partial charge in [0.1, 0.15) is 12.4 Å². The standard InChI is InChI=1S/C32H37ClN6O5/c1-42-21-11-15-38(18-21)14-4-7-27(40)39-16-10-20(39)19-44-26-17-34-12-8-22(26)29-30(28-24(36-29)9-13-35-32(28)41)37-25-6-3-5-23(33)31(25)43-2/h3-8,12,17,20-21,36-37H,9-11,13-16,18-19H2,1-2H3,(H,35,41)/b7-4+/t20-,21+/m1/s1. The minimum Gasteiger partial charge on any atom is -0.493 e. The van der Waals surface area contributed by atoms with Crippen molar-refractivity contribution >= 4 is 34.8 Å². The zero-order valence-electron chi connectivity index (χ0n) is 24.9. The topological polar surface area (TPSA) is 121 Å². The highest BCUT2D eigenvalue weighted by molar-refractivity contribution is 6.32. The Morgan fingerprint density at radius 3 is 2.89 bits per heavy atom. The number of amides is 2. The fourth-order valence-corrected chi connectivity index (χ4v) is 6.25. The second-order valence-corrected chi connectivity index (χ2v) is 11.6. The maximum Gasteiger partial charge on any atom is 0.255 e. The van der Waals surface area contributed by atoms with Crippen molar-refractivity contribution in [3.63, 3.8) is 0 Å². The first-order chi connectivity index (χ1) is 21.5. The molecule has 44 heavy (non-hydrogen) atoms. The van der Waals surface area contributed by atoms with Gasteiger partial charge in [0, 0.05) is 69.8 Å². The molecule has 1 aromatic carbocycles. The molecule has 232 valence electrons. The highest BCUT2D eigenvalue weighted by Crippen LogP contribution is 2.43. The molecule has 0 unspecified atom stereocenters. The monoisotopic (exact) mass is 620 g/mol. The van der Waals surface area contributed by atoms with Crippen LogP contribution in [0.3, 0.4) is 0 Å². The van der Waals surface area contributed by atoms with Gasteiger partial charge in [0.15, 0.2) is 5.75 Å². The molecule has 3 aromatic rings. The van der Waals surface area contributed by atoms with Gasteiger partial charge in [-0.15, -0.1) is 0 Å². The van der Waals surface area contributed by atoms with Crippen molar-refractivity contribution in [3.05, 3.63) is 65.1 Å². The predicted molar refractivity (Wildman–Crippen MR) is 168 cm³/mol. The number of likely N-dealkylation sites (tertiary alicyclic amines) is 2. The van der Waals surface area contributed by atoms with Crippen molar-refractivity contribution in [3.8, 4) is 22.8 Å². The SMILES string of the molecule is COc1c(Cl)cccc1Nc1c(-c2ccncc2OC[C@H]2CCN2C(=O)/C=C/CN2CC[C@H](OC)C2)[nH]c2c1C(=O)NCC2. The third-order valence-electron chi connectivity index (χ3n) is 8.49. The van der Waals surface area contributed by atoms with Crippen LogP contribution in [0, 0.1) is 0 Å². The lowest BCUT2D eigenvalue weighted by atomic mass is 10.0. The summed E-state index contributed by atoms with van der Waals surface area (Å²) >= 11 is 6.40. The van der Waals surface area contributed by atoms with E-state index < -0.39 is 0 Å². The van der Waals surface area contributed by atoms with E-state index in [4.69, 9.17) is 25.8 Å². The highest BCUT2D eigenvalue weighted by atomic mass is 35.5. The summed E-state index contributed by atoms with van der Waals surface area (Å²) in [5, 5.41) is 6.79. The number of anilines is 2. The number of carbonyl (C=O) groups is 2. The molecule has 0 saturated carbocycles. The Hall–Kier alpha value is -4.06. The zero-order valence-corrected chi connectivity index (χ0v) is 25.7. The van der Waals surface area contributed by atoms with Crippen LogP contribution in [0.15, 0.2) is 48.8 Å². The molecular formula is C32H37ClN6O5. The van der Waals surface area contributed by atoms with Gasteiger partial charge in [0.25, 0.3) is 5.91 Å². The predicted octanol–water partition coefficient (Wildman–Crippen LogP) is 4.02. The molecule has 2 amide bonds. The molecule has 0 aliphatic carbocycles. The molecule has 11 nitrogen and oxygen atoms in total. The van der Waals surface area contributed by atoms with Gasteiger partial charge < -0.3 is 34.7 Å². The lowest BCUT2D eigenvalue weighted by Gasteiger charge is -2.40. The summed E-state index contributed by atoms with van der Waals surface area (Å²) < 4.78 is 17.3. The number of fused-ring (bicyclic) bond motifs is 1. The number of hydrogen-bond acceptors (Lipinski definition) is 8. The Morgan fingerprint density at radius 2 is 2.11 bits per heavy atom. The number of aromatic amines is 1. The number of hydrogen-bond donors (Lipinski definition) is 3. The third kappa shape index (κ3) is 6.12. The van der Waals surface area contributed by atoms with Gasteiger partial charge in [-0.1, -0.05) is 23.7 Å². The van der Waals surface area contributed by atoms with Crippen molar-refractivity contribution in [2.24, 2.45) is 0 Å². The fourth-order valence-electron chi connectivity index (χ4n) is 6.00. The van der Waals surface area contributed by atoms with Crippen molar-refractivity contribution in [1.29, 1.82) is 0 Å². The quantitative estimate of drug-likeness (QED) is 0.275. The number of carbonyl (C=O) groups excluding carboxylic acids is 2. The molecule has 3 aliphatic heterocycles. The van der Waals surface area contributed by atoms with Crippen LogP contribution >= 0.6 is 11.6 Å². The van der Waals surface area contributed by atoms with Crippen molar-refractivity contribution < 1.29 is 23.8 Å². The first-order valence-electron chi connectivity index (χ1n) is 14.9. The summed E-state index contributed by atoms with van der Waals surface area (Å²) in [7, 11) is 3.29. The number of halogens is 1. The van der Waals surface area contributed by atoms with Gasteiger partial charge in [-0.05, 0) is 31.0 Å². The molecule has 2 fully saturated rings. The molecule has 6 rings (SSSR count). The summed E-state index contributed by atoms with van der Waals surface area (Å²) in [4.78, 5) is 37.9. The number of nitrogens with one attached hydrogen (secondary N) is 3. The number of para-hydroxylation sites is 1. The largest absolute Gasteiger partial charge is 0.493 e. The lowest BCUT2D eigenvalue weighted by molar-refractivity contribution is -0.134. The van der Waals surface area contributed by atoms with E-state index in [0.717, 1.165) is 43.7 Å². The van der Waals surface area contributed by atoms with Crippen LogP contribution in [0.4, 0.5) is 11.4 Å². The Morgan fingerprint density at radius 1 is 1.23 bits per heavy atom. The van der Waals surface area contributed by atoms with Gasteiger partial charge in [-0.2, -0.15) is 0 Å². The van der Waals surface area contributed by atoms with E-state index in [2.05, 4.69) is 25.5 Å². The summed E-state index contributed by atoms with van der Waals surface area (Å²) in [6, 6.07) is 7.22. The molecule has 0 radical (unpaired) electrons. The normalized spacial score (nSPS) is 19.9. The summed E-state index contributed by atoms with van der Waals surface area (Å²) in [6.07, 6.45) is 9.74. The summed E-state index contributed by atoms with van der Waals surface area (Å²) in [5.74, 6) is 0.836. The first kappa shape index (κ1) is 30.0. The van der Waals surface area contributed by atoms with E-state index in [-0.39, 0.29) is 24.0 Å².